The summed E-state index contributed by atoms with van der Waals surface area (Å²) in [6.45, 7) is 12.6. The Morgan fingerprint density at radius 2 is 1.79 bits per heavy atom. The van der Waals surface area contributed by atoms with Crippen LogP contribution in [0.1, 0.15) is 37.0 Å². The van der Waals surface area contributed by atoms with Crippen molar-refractivity contribution < 1.29 is 9.59 Å². The van der Waals surface area contributed by atoms with E-state index in [1.165, 1.54) is 0 Å². The van der Waals surface area contributed by atoms with Gasteiger partial charge in [-0.15, -0.1) is 0 Å². The van der Waals surface area contributed by atoms with Crippen molar-refractivity contribution >= 4 is 28.9 Å². The molecular formula is C24H31N3O2. The normalized spacial score (nSPS) is 16.2. The predicted octanol–water partition coefficient (Wildman–Crippen LogP) is 4.45. The molecule has 0 spiro atoms. The molecule has 2 aromatic carbocycles. The van der Waals surface area contributed by atoms with Gasteiger partial charge in [0.05, 0.1) is 5.92 Å². The fourth-order valence-corrected chi connectivity index (χ4v) is 4.03. The van der Waals surface area contributed by atoms with Crippen LogP contribution in [0.3, 0.4) is 0 Å². The molecule has 29 heavy (non-hydrogen) atoms. The topological polar surface area (TPSA) is 52.7 Å². The van der Waals surface area contributed by atoms with Gasteiger partial charge < -0.3 is 15.1 Å². The zero-order valence-electron chi connectivity index (χ0n) is 18.1. The lowest BCUT2D eigenvalue weighted by Crippen LogP contribution is -2.28. The van der Waals surface area contributed by atoms with Crippen molar-refractivity contribution in [2.45, 2.75) is 41.0 Å². The summed E-state index contributed by atoms with van der Waals surface area (Å²) in [6, 6.07) is 12.1. The molecule has 1 atom stereocenters. The van der Waals surface area contributed by atoms with Crippen molar-refractivity contribution in [1.82, 2.24) is 0 Å². The van der Waals surface area contributed by atoms with Gasteiger partial charge >= 0.3 is 0 Å². The van der Waals surface area contributed by atoms with Crippen LogP contribution >= 0.6 is 0 Å². The summed E-state index contributed by atoms with van der Waals surface area (Å²) in [5.74, 6) is -0.430. The quantitative estimate of drug-likeness (QED) is 0.789. The lowest BCUT2D eigenvalue weighted by atomic mass is 10.1. The Morgan fingerprint density at radius 3 is 2.41 bits per heavy atom. The van der Waals surface area contributed by atoms with Crippen molar-refractivity contribution in [2.75, 3.05) is 34.8 Å². The molecule has 0 aromatic heterocycles. The third kappa shape index (κ3) is 4.44. The molecule has 2 aromatic rings. The zero-order valence-corrected chi connectivity index (χ0v) is 18.1. The second kappa shape index (κ2) is 8.68. The van der Waals surface area contributed by atoms with E-state index >= 15 is 0 Å². The maximum atomic E-state index is 12.9. The van der Waals surface area contributed by atoms with Crippen LogP contribution < -0.4 is 15.1 Å². The van der Waals surface area contributed by atoms with Crippen LogP contribution in [0.4, 0.5) is 17.1 Å². The Bertz CT molecular complexity index is 918. The van der Waals surface area contributed by atoms with Gasteiger partial charge in [-0.2, -0.15) is 0 Å². The van der Waals surface area contributed by atoms with E-state index in [1.54, 1.807) is 4.90 Å². The Hall–Kier alpha value is -2.82. The number of nitrogens with zero attached hydrogens (tertiary/aromatic N) is 2. The van der Waals surface area contributed by atoms with Crippen LogP contribution in [-0.4, -0.2) is 31.4 Å². The van der Waals surface area contributed by atoms with Crippen molar-refractivity contribution in [3.05, 3.63) is 53.1 Å². The monoisotopic (exact) mass is 393 g/mol. The smallest absolute Gasteiger partial charge is 0.229 e. The van der Waals surface area contributed by atoms with Gasteiger partial charge in [-0.05, 0) is 70.0 Å². The number of anilines is 3. The standard InChI is InChI=1S/C24H31N3O2/c1-6-26(7-2)20-9-10-21(17(4)13-20)25-24(29)19-14-23(28)27(15-19)22-11-8-16(3)12-18(22)5/h8-13,19H,6-7,14-15H2,1-5H3,(H,25,29). The second-order valence-electron chi connectivity index (χ2n) is 7.86. The summed E-state index contributed by atoms with van der Waals surface area (Å²) < 4.78 is 0. The molecule has 1 N–H and O–H groups in total. The lowest BCUT2D eigenvalue weighted by Gasteiger charge is -2.22. The molecule has 3 rings (SSSR count). The molecule has 5 nitrogen and oxygen atoms in total. The first-order valence-electron chi connectivity index (χ1n) is 10.4. The molecule has 0 aliphatic carbocycles. The molecule has 1 fully saturated rings. The van der Waals surface area contributed by atoms with Gasteiger partial charge in [0, 0.05) is 43.1 Å². The number of nitrogens with one attached hydrogen (secondary N) is 1. The maximum absolute atomic E-state index is 12.9. The van der Waals surface area contributed by atoms with Gasteiger partial charge in [0.2, 0.25) is 11.8 Å². The average molecular weight is 394 g/mol. The zero-order chi connectivity index (χ0) is 21.1. The highest BCUT2D eigenvalue weighted by Crippen LogP contribution is 2.30. The molecule has 1 aliphatic heterocycles. The van der Waals surface area contributed by atoms with Gasteiger partial charge in [0.25, 0.3) is 0 Å². The van der Waals surface area contributed by atoms with E-state index in [1.807, 2.05) is 45.0 Å². The Balaban J connectivity index is 1.71. The molecule has 0 radical (unpaired) electrons. The SMILES string of the molecule is CCN(CC)c1ccc(NC(=O)C2CC(=O)N(c3ccc(C)cc3C)C2)c(C)c1. The molecule has 2 amide bonds. The van der Waals surface area contributed by atoms with Crippen molar-refractivity contribution in [1.29, 1.82) is 0 Å². The van der Waals surface area contributed by atoms with Crippen LogP contribution in [0.5, 0.6) is 0 Å². The van der Waals surface area contributed by atoms with E-state index in [9.17, 15) is 9.59 Å². The average Bonchev–Trinajstić information content (AvgIpc) is 3.06. The van der Waals surface area contributed by atoms with Gasteiger partial charge in [0.1, 0.15) is 0 Å². The van der Waals surface area contributed by atoms with E-state index in [2.05, 4.69) is 36.2 Å². The number of aryl methyl sites for hydroxylation is 3. The van der Waals surface area contributed by atoms with E-state index in [0.717, 1.165) is 46.8 Å². The van der Waals surface area contributed by atoms with Crippen LogP contribution in [0.2, 0.25) is 0 Å². The summed E-state index contributed by atoms with van der Waals surface area (Å²) in [7, 11) is 0. The highest BCUT2D eigenvalue weighted by molar-refractivity contribution is 6.04. The Labute approximate surface area is 173 Å². The molecule has 0 saturated carbocycles. The van der Waals surface area contributed by atoms with Gasteiger partial charge in [-0.25, -0.2) is 0 Å². The van der Waals surface area contributed by atoms with Crippen molar-refractivity contribution in [3.8, 4) is 0 Å². The first-order valence-corrected chi connectivity index (χ1v) is 10.4. The minimum absolute atomic E-state index is 0.00528. The molecule has 154 valence electrons. The van der Waals surface area contributed by atoms with E-state index in [0.29, 0.717) is 6.54 Å². The van der Waals surface area contributed by atoms with Crippen molar-refractivity contribution in [3.63, 3.8) is 0 Å². The molecule has 0 bridgehead atoms. The molecule has 1 aliphatic rings. The molecular weight excluding hydrogens is 362 g/mol. The first kappa shape index (κ1) is 20.9. The number of carbonyl (C=O) groups excluding carboxylic acids is 2. The van der Waals surface area contributed by atoms with Gasteiger partial charge in [-0.3, -0.25) is 9.59 Å². The summed E-state index contributed by atoms with van der Waals surface area (Å²) in [5.41, 5.74) is 6.11. The number of carbonyl (C=O) groups is 2. The van der Waals surface area contributed by atoms with E-state index in [-0.39, 0.29) is 24.2 Å². The summed E-state index contributed by atoms with van der Waals surface area (Å²) in [5, 5.41) is 3.03. The summed E-state index contributed by atoms with van der Waals surface area (Å²) in [4.78, 5) is 29.5. The lowest BCUT2D eigenvalue weighted by molar-refractivity contribution is -0.122. The second-order valence-corrected chi connectivity index (χ2v) is 7.86. The van der Waals surface area contributed by atoms with Crippen LogP contribution in [-0.2, 0) is 9.59 Å². The van der Waals surface area contributed by atoms with Crippen LogP contribution in [0, 0.1) is 26.7 Å². The van der Waals surface area contributed by atoms with Gasteiger partial charge in [0.15, 0.2) is 0 Å². The number of hydrogen-bond donors (Lipinski definition) is 1. The highest BCUT2D eigenvalue weighted by atomic mass is 16.2. The van der Waals surface area contributed by atoms with E-state index < -0.39 is 0 Å². The summed E-state index contributed by atoms with van der Waals surface area (Å²) >= 11 is 0. The number of amides is 2. The first-order chi connectivity index (χ1) is 13.8. The Kier molecular flexibility index (Phi) is 6.26. The minimum atomic E-state index is -0.343. The number of benzene rings is 2. The molecule has 1 saturated heterocycles. The third-order valence-corrected chi connectivity index (χ3v) is 5.74. The largest absolute Gasteiger partial charge is 0.372 e. The fraction of sp³-hybridized carbons (Fsp3) is 0.417. The predicted molar refractivity (Wildman–Crippen MR) is 120 cm³/mol. The number of hydrogen-bond acceptors (Lipinski definition) is 3. The third-order valence-electron chi connectivity index (χ3n) is 5.74. The number of rotatable bonds is 6. The fourth-order valence-electron chi connectivity index (χ4n) is 4.03. The van der Waals surface area contributed by atoms with Crippen LogP contribution in [0.15, 0.2) is 36.4 Å². The maximum Gasteiger partial charge on any atom is 0.229 e. The van der Waals surface area contributed by atoms with Crippen molar-refractivity contribution in [2.24, 2.45) is 5.92 Å². The minimum Gasteiger partial charge on any atom is -0.372 e. The summed E-state index contributed by atoms with van der Waals surface area (Å²) in [6.07, 6.45) is 0.246. The van der Waals surface area contributed by atoms with Gasteiger partial charge in [-0.1, -0.05) is 17.7 Å². The molecule has 5 heteroatoms. The highest BCUT2D eigenvalue weighted by Gasteiger charge is 2.35. The molecule has 1 unspecified atom stereocenters. The Morgan fingerprint density at radius 1 is 1.07 bits per heavy atom. The molecule has 1 heterocycles. The van der Waals surface area contributed by atoms with Crippen LogP contribution in [0.25, 0.3) is 0 Å². The van der Waals surface area contributed by atoms with E-state index in [4.69, 9.17) is 0 Å².